The number of carbonyl (C=O) groups is 1. The van der Waals surface area contributed by atoms with Crippen LogP contribution in [0.5, 0.6) is 0 Å². The van der Waals surface area contributed by atoms with Crippen LogP contribution in [-0.4, -0.2) is 29.0 Å². The third kappa shape index (κ3) is 6.52. The molecule has 0 aliphatic rings. The zero-order valence-corrected chi connectivity index (χ0v) is 12.8. The number of primary amides is 1. The number of nitrogens with zero attached hydrogens (tertiary/aromatic N) is 1. The van der Waals surface area contributed by atoms with E-state index in [0.717, 1.165) is 24.9 Å². The van der Waals surface area contributed by atoms with Gasteiger partial charge in [-0.25, -0.2) is 0 Å². The summed E-state index contributed by atoms with van der Waals surface area (Å²) >= 11 is 5.40. The summed E-state index contributed by atoms with van der Waals surface area (Å²) < 4.78 is 0. The Labute approximate surface area is 126 Å². The summed E-state index contributed by atoms with van der Waals surface area (Å²) in [6.45, 7) is 4.23. The third-order valence-electron chi connectivity index (χ3n) is 2.94. The number of amides is 1. The minimum absolute atomic E-state index is 0.306. The molecule has 0 bridgehead atoms. The van der Waals surface area contributed by atoms with Gasteiger partial charge in [0.05, 0.1) is 0 Å². The fourth-order valence-electron chi connectivity index (χ4n) is 1.79. The minimum atomic E-state index is -0.306. The highest BCUT2D eigenvalue weighted by molar-refractivity contribution is 7.80. The van der Waals surface area contributed by atoms with Crippen LogP contribution in [0.15, 0.2) is 30.3 Å². The number of carbonyl (C=O) groups excluding carboxylic acids is 1. The van der Waals surface area contributed by atoms with Gasteiger partial charge in [0, 0.05) is 26.1 Å². The smallest absolute Gasteiger partial charge is 0.219 e. The van der Waals surface area contributed by atoms with Crippen molar-refractivity contribution in [1.82, 2.24) is 10.2 Å². The molecule has 0 aliphatic carbocycles. The number of hydrogen-bond acceptors (Lipinski definition) is 2. The fourth-order valence-corrected chi connectivity index (χ4v) is 2.04. The Kier molecular flexibility index (Phi) is 7.65. The van der Waals surface area contributed by atoms with E-state index in [-0.39, 0.29) is 5.91 Å². The molecule has 5 heteroatoms. The van der Waals surface area contributed by atoms with Crippen LogP contribution in [-0.2, 0) is 11.3 Å². The highest BCUT2D eigenvalue weighted by Gasteiger charge is 2.11. The van der Waals surface area contributed by atoms with Crippen LogP contribution in [0.2, 0.25) is 0 Å². The Hall–Kier alpha value is -1.62. The second-order valence-corrected chi connectivity index (χ2v) is 5.10. The van der Waals surface area contributed by atoms with Gasteiger partial charge in [0.1, 0.15) is 0 Å². The third-order valence-corrected chi connectivity index (χ3v) is 3.34. The van der Waals surface area contributed by atoms with Gasteiger partial charge in [0.2, 0.25) is 5.91 Å². The Balaban J connectivity index is 2.59. The monoisotopic (exact) mass is 293 g/mol. The molecule has 1 amide bonds. The Morgan fingerprint density at radius 1 is 1.35 bits per heavy atom. The molecule has 3 N–H and O–H groups in total. The van der Waals surface area contributed by atoms with E-state index in [2.05, 4.69) is 12.2 Å². The lowest BCUT2D eigenvalue weighted by Gasteiger charge is -2.25. The zero-order valence-electron chi connectivity index (χ0n) is 12.0. The Bertz CT molecular complexity index is 422. The molecule has 0 fully saturated rings. The fraction of sp³-hybridized carbons (Fsp3) is 0.467. The van der Waals surface area contributed by atoms with Crippen molar-refractivity contribution in [3.05, 3.63) is 35.9 Å². The highest BCUT2D eigenvalue weighted by atomic mass is 32.1. The van der Waals surface area contributed by atoms with Crippen LogP contribution < -0.4 is 11.1 Å². The van der Waals surface area contributed by atoms with Gasteiger partial charge in [-0.2, -0.15) is 0 Å². The zero-order chi connectivity index (χ0) is 14.8. The van der Waals surface area contributed by atoms with Crippen LogP contribution in [0, 0.1) is 0 Å². The van der Waals surface area contributed by atoms with E-state index in [1.165, 1.54) is 0 Å². The van der Waals surface area contributed by atoms with E-state index in [0.29, 0.717) is 24.6 Å². The first-order valence-corrected chi connectivity index (χ1v) is 7.39. The standard InChI is InChI=1S/C15H23N3OS/c1-2-3-10-17-15(20)18(11-9-14(16)19)12-13-7-5-4-6-8-13/h4-8H,2-3,9-12H2,1H3,(H2,16,19)(H,17,20). The summed E-state index contributed by atoms with van der Waals surface area (Å²) in [5.74, 6) is -0.306. The normalized spacial score (nSPS) is 10.1. The number of nitrogens with two attached hydrogens (primary N) is 1. The number of thiocarbonyl (C=S) groups is 1. The lowest BCUT2D eigenvalue weighted by atomic mass is 10.2. The minimum Gasteiger partial charge on any atom is -0.370 e. The van der Waals surface area contributed by atoms with Gasteiger partial charge in [-0.15, -0.1) is 0 Å². The van der Waals surface area contributed by atoms with E-state index < -0.39 is 0 Å². The summed E-state index contributed by atoms with van der Waals surface area (Å²) in [5.41, 5.74) is 6.39. The Morgan fingerprint density at radius 2 is 2.05 bits per heavy atom. The van der Waals surface area contributed by atoms with Gasteiger partial charge in [-0.05, 0) is 24.2 Å². The number of hydrogen-bond donors (Lipinski definition) is 2. The van der Waals surface area contributed by atoms with Crippen LogP contribution in [0.3, 0.4) is 0 Å². The van der Waals surface area contributed by atoms with Crippen molar-refractivity contribution in [3.63, 3.8) is 0 Å². The molecule has 20 heavy (non-hydrogen) atoms. The van der Waals surface area contributed by atoms with Crippen molar-refractivity contribution in [2.24, 2.45) is 5.73 Å². The summed E-state index contributed by atoms with van der Waals surface area (Å²) in [6, 6.07) is 10.1. The quantitative estimate of drug-likeness (QED) is 0.569. The van der Waals surface area contributed by atoms with Crippen LogP contribution in [0.25, 0.3) is 0 Å². The van der Waals surface area contributed by atoms with Crippen LogP contribution in [0.4, 0.5) is 0 Å². The summed E-state index contributed by atoms with van der Waals surface area (Å²) in [6.07, 6.45) is 2.51. The van der Waals surface area contributed by atoms with Crippen LogP contribution >= 0.6 is 12.2 Å². The molecule has 0 aromatic heterocycles. The van der Waals surface area contributed by atoms with E-state index >= 15 is 0 Å². The molecular weight excluding hydrogens is 270 g/mol. The van der Waals surface area contributed by atoms with E-state index in [1.807, 2.05) is 35.2 Å². The van der Waals surface area contributed by atoms with Gasteiger partial charge in [0.15, 0.2) is 5.11 Å². The molecule has 1 rings (SSSR count). The lowest BCUT2D eigenvalue weighted by Crippen LogP contribution is -2.41. The van der Waals surface area contributed by atoms with Crippen molar-refractivity contribution in [2.75, 3.05) is 13.1 Å². The first-order chi connectivity index (χ1) is 9.63. The number of rotatable bonds is 8. The molecule has 0 aliphatic heterocycles. The van der Waals surface area contributed by atoms with E-state index in [4.69, 9.17) is 18.0 Å². The van der Waals surface area contributed by atoms with Crippen molar-refractivity contribution in [1.29, 1.82) is 0 Å². The van der Waals surface area contributed by atoms with Crippen molar-refractivity contribution in [3.8, 4) is 0 Å². The van der Waals surface area contributed by atoms with E-state index in [1.54, 1.807) is 0 Å². The molecule has 1 aromatic carbocycles. The number of benzene rings is 1. The number of unbranched alkanes of at least 4 members (excludes halogenated alkanes) is 1. The molecule has 0 atom stereocenters. The molecule has 0 radical (unpaired) electrons. The van der Waals surface area contributed by atoms with E-state index in [9.17, 15) is 4.79 Å². The predicted octanol–water partition coefficient (Wildman–Crippen LogP) is 2.04. The number of nitrogens with one attached hydrogen (secondary N) is 1. The summed E-state index contributed by atoms with van der Waals surface area (Å²) in [7, 11) is 0. The van der Waals surface area contributed by atoms with Crippen molar-refractivity contribution in [2.45, 2.75) is 32.7 Å². The molecule has 0 unspecified atom stereocenters. The maximum absolute atomic E-state index is 11.0. The summed E-state index contributed by atoms with van der Waals surface area (Å²) in [5, 5.41) is 3.92. The molecule has 4 nitrogen and oxygen atoms in total. The first-order valence-electron chi connectivity index (χ1n) is 6.98. The van der Waals surface area contributed by atoms with Gasteiger partial charge in [0.25, 0.3) is 0 Å². The average molecular weight is 293 g/mol. The lowest BCUT2D eigenvalue weighted by molar-refractivity contribution is -0.118. The first kappa shape index (κ1) is 16.4. The van der Waals surface area contributed by atoms with Crippen molar-refractivity contribution >= 4 is 23.2 Å². The Morgan fingerprint density at radius 3 is 2.65 bits per heavy atom. The maximum atomic E-state index is 11.0. The second-order valence-electron chi connectivity index (χ2n) is 4.71. The molecule has 0 saturated heterocycles. The molecule has 0 saturated carbocycles. The van der Waals surface area contributed by atoms with Gasteiger partial charge in [-0.1, -0.05) is 43.7 Å². The second kappa shape index (κ2) is 9.31. The largest absolute Gasteiger partial charge is 0.370 e. The molecule has 1 aromatic rings. The average Bonchev–Trinajstić information content (AvgIpc) is 2.44. The van der Waals surface area contributed by atoms with Gasteiger partial charge in [-0.3, -0.25) is 4.79 Å². The van der Waals surface area contributed by atoms with Gasteiger partial charge >= 0.3 is 0 Å². The SMILES string of the molecule is CCCCNC(=S)N(CCC(N)=O)Cc1ccccc1. The van der Waals surface area contributed by atoms with Crippen molar-refractivity contribution < 1.29 is 4.79 Å². The van der Waals surface area contributed by atoms with Gasteiger partial charge < -0.3 is 16.0 Å². The highest BCUT2D eigenvalue weighted by Crippen LogP contribution is 2.06. The predicted molar refractivity (Wildman–Crippen MR) is 86.2 cm³/mol. The molecule has 0 heterocycles. The maximum Gasteiger partial charge on any atom is 0.219 e. The molecule has 0 spiro atoms. The topological polar surface area (TPSA) is 58.4 Å². The van der Waals surface area contributed by atoms with Crippen LogP contribution in [0.1, 0.15) is 31.7 Å². The molecule has 110 valence electrons. The summed E-state index contributed by atoms with van der Waals surface area (Å²) in [4.78, 5) is 13.0. The molecular formula is C15H23N3OS.